The van der Waals surface area contributed by atoms with Gasteiger partial charge in [-0.15, -0.1) is 0 Å². The van der Waals surface area contributed by atoms with Crippen molar-refractivity contribution in [3.63, 3.8) is 0 Å². The fourth-order valence-electron chi connectivity index (χ4n) is 2.15. The largest absolute Gasteiger partial charge is 0.453 e. The molecule has 2 aromatic rings. The number of fused-ring (bicyclic) bond motifs is 1. The molecule has 1 heterocycles. The zero-order valence-electron chi connectivity index (χ0n) is 12.0. The van der Waals surface area contributed by atoms with E-state index in [1.807, 2.05) is 19.1 Å². The zero-order chi connectivity index (χ0) is 16.3. The predicted octanol–water partition coefficient (Wildman–Crippen LogP) is 3.99. The van der Waals surface area contributed by atoms with Crippen molar-refractivity contribution < 1.29 is 22.7 Å². The molecular weight excluding hydrogens is 317 g/mol. The molecular formula is C14H15F3N2O2S. The minimum atomic E-state index is -4.37. The number of methoxy groups -OCH3 is 1. The average Bonchev–Trinajstić information content (AvgIpc) is 2.74. The van der Waals surface area contributed by atoms with E-state index in [2.05, 4.69) is 15.0 Å². The lowest BCUT2D eigenvalue weighted by Crippen LogP contribution is -2.25. The first-order valence-electron chi connectivity index (χ1n) is 6.49. The number of ether oxygens (including phenoxy) is 1. The lowest BCUT2D eigenvalue weighted by atomic mass is 10.1. The van der Waals surface area contributed by atoms with Crippen molar-refractivity contribution in [1.29, 1.82) is 0 Å². The lowest BCUT2D eigenvalue weighted by Gasteiger charge is -2.08. The Balaban J connectivity index is 2.32. The van der Waals surface area contributed by atoms with Crippen molar-refractivity contribution in [2.75, 3.05) is 13.7 Å². The molecule has 1 amide bonds. The zero-order valence-corrected chi connectivity index (χ0v) is 12.8. The Morgan fingerprint density at radius 3 is 2.77 bits per heavy atom. The molecule has 120 valence electrons. The number of hydrogen-bond donors (Lipinski definition) is 2. The molecule has 2 N–H and O–H groups in total. The normalized spacial score (nSPS) is 11.7. The van der Waals surface area contributed by atoms with E-state index < -0.39 is 11.6 Å². The summed E-state index contributed by atoms with van der Waals surface area (Å²) in [7, 11) is 1.23. The van der Waals surface area contributed by atoms with Gasteiger partial charge in [0.2, 0.25) is 0 Å². The number of alkyl halides is 3. The summed E-state index contributed by atoms with van der Waals surface area (Å²) in [5.74, 6) is 0. The van der Waals surface area contributed by atoms with Gasteiger partial charge in [-0.2, -0.15) is 13.2 Å². The minimum Gasteiger partial charge on any atom is -0.453 e. The molecule has 1 aromatic carbocycles. The molecule has 0 radical (unpaired) electrons. The van der Waals surface area contributed by atoms with Gasteiger partial charge >= 0.3 is 11.6 Å². The molecule has 0 fully saturated rings. The molecule has 0 saturated carbocycles. The van der Waals surface area contributed by atoms with Crippen molar-refractivity contribution in [2.24, 2.45) is 0 Å². The summed E-state index contributed by atoms with van der Waals surface area (Å²) >= 11 is -0.176. The average molecular weight is 332 g/mol. The molecule has 0 saturated heterocycles. The highest BCUT2D eigenvalue weighted by atomic mass is 32.2. The number of carbonyl (C=O) groups is 1. The molecule has 0 spiro atoms. The monoisotopic (exact) mass is 332 g/mol. The standard InChI is InChI=1S/C14H15F3N2O2S/c1-8-3-4-11-10(7-8)9(5-6-18-13(20)21-2)12(19-11)22-14(15,16)17/h3-4,7,19H,5-6H2,1-2H3,(H,18,20). The van der Waals surface area contributed by atoms with Crippen LogP contribution in [0.25, 0.3) is 10.9 Å². The molecule has 0 aliphatic carbocycles. The van der Waals surface area contributed by atoms with Crippen molar-refractivity contribution in [3.05, 3.63) is 29.3 Å². The third-order valence-corrected chi connectivity index (χ3v) is 3.85. The number of thioether (sulfide) groups is 1. The maximum absolute atomic E-state index is 12.7. The molecule has 22 heavy (non-hydrogen) atoms. The third-order valence-electron chi connectivity index (χ3n) is 3.07. The summed E-state index contributed by atoms with van der Waals surface area (Å²) < 4.78 is 42.5. The summed E-state index contributed by atoms with van der Waals surface area (Å²) in [5, 5.41) is 3.26. The number of amides is 1. The summed E-state index contributed by atoms with van der Waals surface area (Å²) in [6, 6.07) is 5.42. The number of hydrogen-bond acceptors (Lipinski definition) is 3. The second kappa shape index (κ2) is 6.51. The number of aromatic amines is 1. The van der Waals surface area contributed by atoms with Crippen molar-refractivity contribution in [1.82, 2.24) is 10.3 Å². The van der Waals surface area contributed by atoms with Gasteiger partial charge in [0, 0.05) is 29.2 Å². The Morgan fingerprint density at radius 2 is 2.14 bits per heavy atom. The summed E-state index contributed by atoms with van der Waals surface area (Å²) in [6.07, 6.45) is -0.335. The van der Waals surface area contributed by atoms with Gasteiger partial charge in [0.15, 0.2) is 0 Å². The fourth-order valence-corrected chi connectivity index (χ4v) is 2.88. The van der Waals surface area contributed by atoms with Crippen molar-refractivity contribution >= 4 is 28.8 Å². The van der Waals surface area contributed by atoms with E-state index in [9.17, 15) is 18.0 Å². The van der Waals surface area contributed by atoms with Crippen molar-refractivity contribution in [3.8, 4) is 0 Å². The van der Waals surface area contributed by atoms with Gasteiger partial charge in [-0.1, -0.05) is 11.6 Å². The highest BCUT2D eigenvalue weighted by Crippen LogP contribution is 2.40. The van der Waals surface area contributed by atoms with Crippen LogP contribution in [0.1, 0.15) is 11.1 Å². The van der Waals surface area contributed by atoms with Gasteiger partial charge in [0.25, 0.3) is 0 Å². The number of carbonyl (C=O) groups excluding carboxylic acids is 1. The second-order valence-corrected chi connectivity index (χ2v) is 5.77. The second-order valence-electron chi connectivity index (χ2n) is 4.70. The van der Waals surface area contributed by atoms with E-state index >= 15 is 0 Å². The van der Waals surface area contributed by atoms with Gasteiger partial charge in [-0.05, 0) is 31.0 Å². The highest BCUT2D eigenvalue weighted by Gasteiger charge is 2.32. The summed E-state index contributed by atoms with van der Waals surface area (Å²) in [5.41, 5.74) is -2.24. The predicted molar refractivity (Wildman–Crippen MR) is 79.1 cm³/mol. The van der Waals surface area contributed by atoms with Gasteiger partial charge in [-0.3, -0.25) is 0 Å². The van der Waals surface area contributed by atoms with Gasteiger partial charge in [0.05, 0.1) is 12.1 Å². The van der Waals surface area contributed by atoms with Crippen LogP contribution in [0.2, 0.25) is 0 Å². The van der Waals surface area contributed by atoms with Crippen LogP contribution in [-0.4, -0.2) is 30.2 Å². The van der Waals surface area contributed by atoms with E-state index in [-0.39, 0.29) is 29.8 Å². The Labute approximate surface area is 129 Å². The van der Waals surface area contributed by atoms with Crippen LogP contribution < -0.4 is 5.32 Å². The molecule has 0 unspecified atom stereocenters. The first-order valence-corrected chi connectivity index (χ1v) is 7.30. The molecule has 0 aliphatic rings. The number of nitrogens with one attached hydrogen (secondary N) is 2. The smallest absolute Gasteiger partial charge is 0.447 e. The number of halogens is 3. The summed E-state index contributed by atoms with van der Waals surface area (Å²) in [6.45, 7) is 2.07. The Kier molecular flexibility index (Phi) is 4.90. The molecule has 4 nitrogen and oxygen atoms in total. The summed E-state index contributed by atoms with van der Waals surface area (Å²) in [4.78, 5) is 13.8. The molecule has 0 bridgehead atoms. The molecule has 8 heteroatoms. The van der Waals surface area contributed by atoms with Crippen LogP contribution in [0.4, 0.5) is 18.0 Å². The molecule has 0 aliphatic heterocycles. The Morgan fingerprint density at radius 1 is 1.41 bits per heavy atom. The number of H-pyrrole nitrogens is 1. The maximum atomic E-state index is 12.7. The van der Waals surface area contributed by atoms with Crippen LogP contribution in [0.3, 0.4) is 0 Å². The number of rotatable bonds is 4. The molecule has 0 atom stereocenters. The first kappa shape index (κ1) is 16.5. The van der Waals surface area contributed by atoms with Gasteiger partial charge < -0.3 is 15.0 Å². The highest BCUT2D eigenvalue weighted by molar-refractivity contribution is 8.00. The SMILES string of the molecule is COC(=O)NCCc1c(SC(F)(F)F)[nH]c2ccc(C)cc12. The van der Waals surface area contributed by atoms with Crippen LogP contribution >= 0.6 is 11.8 Å². The molecule has 2 rings (SSSR count). The van der Waals surface area contributed by atoms with Crippen LogP contribution in [0.15, 0.2) is 23.2 Å². The number of aromatic nitrogens is 1. The number of aryl methyl sites for hydroxylation is 1. The maximum Gasteiger partial charge on any atom is 0.447 e. The van der Waals surface area contributed by atoms with E-state index in [0.717, 1.165) is 10.9 Å². The fraction of sp³-hybridized carbons (Fsp3) is 0.357. The topological polar surface area (TPSA) is 54.1 Å². The van der Waals surface area contributed by atoms with E-state index in [1.165, 1.54) is 7.11 Å². The Bertz CT molecular complexity index is 683. The number of benzene rings is 1. The third kappa shape index (κ3) is 4.09. The van der Waals surface area contributed by atoms with Gasteiger partial charge in [-0.25, -0.2) is 4.79 Å². The van der Waals surface area contributed by atoms with Crippen molar-refractivity contribution in [2.45, 2.75) is 23.9 Å². The van der Waals surface area contributed by atoms with Crippen LogP contribution in [0.5, 0.6) is 0 Å². The van der Waals surface area contributed by atoms with E-state index in [0.29, 0.717) is 11.1 Å². The van der Waals surface area contributed by atoms with Gasteiger partial charge in [0.1, 0.15) is 0 Å². The van der Waals surface area contributed by atoms with E-state index in [4.69, 9.17) is 0 Å². The Hall–Kier alpha value is -1.83. The quantitative estimate of drug-likeness (QED) is 0.833. The molecule has 1 aromatic heterocycles. The van der Waals surface area contributed by atoms with Crippen LogP contribution in [0, 0.1) is 6.92 Å². The lowest BCUT2D eigenvalue weighted by molar-refractivity contribution is -0.0329. The van der Waals surface area contributed by atoms with Crippen LogP contribution in [-0.2, 0) is 11.2 Å². The minimum absolute atomic E-state index is 0.0553. The van der Waals surface area contributed by atoms with E-state index in [1.54, 1.807) is 6.07 Å². The first-order chi connectivity index (χ1) is 10.3. The number of alkyl carbamates (subject to hydrolysis) is 1.